The number of amides is 3. The number of halogens is 1. The number of benzene rings is 1. The molecule has 1 saturated heterocycles. The SMILES string of the molecule is COc1ccc(Cl)cc1C[NH+](C)CN1C(=O)N[C@]2(CCCC[C@H]2C)C1=O. The van der Waals surface area contributed by atoms with Gasteiger partial charge in [0.25, 0.3) is 5.91 Å². The number of nitrogens with one attached hydrogen (secondary N) is 2. The molecule has 2 fully saturated rings. The molecule has 3 rings (SSSR count). The first-order valence-electron chi connectivity index (χ1n) is 9.15. The lowest BCUT2D eigenvalue weighted by molar-refractivity contribution is -0.901. The Balaban J connectivity index is 1.71. The van der Waals surface area contributed by atoms with Gasteiger partial charge >= 0.3 is 6.03 Å². The Kier molecular flexibility index (Phi) is 5.44. The minimum atomic E-state index is -0.705. The summed E-state index contributed by atoms with van der Waals surface area (Å²) < 4.78 is 5.39. The maximum atomic E-state index is 13.1. The first-order chi connectivity index (χ1) is 12.4. The predicted molar refractivity (Wildman–Crippen MR) is 99.2 cm³/mol. The van der Waals surface area contributed by atoms with Crippen molar-refractivity contribution in [2.75, 3.05) is 20.8 Å². The third-order valence-electron chi connectivity index (χ3n) is 5.66. The molecule has 142 valence electrons. The van der Waals surface area contributed by atoms with E-state index in [9.17, 15) is 9.59 Å². The van der Waals surface area contributed by atoms with E-state index >= 15 is 0 Å². The van der Waals surface area contributed by atoms with Crippen LogP contribution in [0, 0.1) is 5.92 Å². The van der Waals surface area contributed by atoms with Gasteiger partial charge in [0, 0.05) is 10.6 Å². The van der Waals surface area contributed by atoms with Crippen molar-refractivity contribution in [3.8, 4) is 5.75 Å². The van der Waals surface area contributed by atoms with E-state index < -0.39 is 5.54 Å². The third-order valence-corrected chi connectivity index (χ3v) is 5.90. The maximum absolute atomic E-state index is 13.1. The summed E-state index contributed by atoms with van der Waals surface area (Å²) in [7, 11) is 3.57. The number of carbonyl (C=O) groups is 2. The molecule has 1 heterocycles. The molecule has 1 aromatic carbocycles. The van der Waals surface area contributed by atoms with Gasteiger partial charge in [0.05, 0.1) is 14.2 Å². The molecule has 1 aliphatic heterocycles. The molecule has 1 aliphatic carbocycles. The standard InChI is InChI=1S/C19H26ClN3O3/c1-13-6-4-5-9-19(13)17(24)23(18(25)21-19)12-22(2)11-14-10-15(20)7-8-16(14)26-3/h7-8,10,13H,4-6,9,11-12H2,1-3H3,(H,21,25)/p+1/t13-,19+/m1/s1. The molecule has 26 heavy (non-hydrogen) atoms. The Bertz CT molecular complexity index is 711. The number of methoxy groups -OCH3 is 1. The van der Waals surface area contributed by atoms with Gasteiger partial charge in [-0.25, -0.2) is 9.69 Å². The van der Waals surface area contributed by atoms with Crippen LogP contribution in [-0.4, -0.2) is 43.2 Å². The molecule has 2 aliphatic rings. The van der Waals surface area contributed by atoms with Crippen molar-refractivity contribution in [2.24, 2.45) is 5.92 Å². The van der Waals surface area contributed by atoms with E-state index in [-0.39, 0.29) is 17.9 Å². The quantitative estimate of drug-likeness (QED) is 0.766. The highest BCUT2D eigenvalue weighted by Crippen LogP contribution is 2.37. The molecule has 6 nitrogen and oxygen atoms in total. The molecule has 1 spiro atoms. The number of ether oxygens (including phenoxy) is 1. The molecule has 3 amide bonds. The van der Waals surface area contributed by atoms with Gasteiger partial charge in [0.1, 0.15) is 17.8 Å². The summed E-state index contributed by atoms with van der Waals surface area (Å²) in [5.74, 6) is 0.849. The van der Waals surface area contributed by atoms with Crippen LogP contribution in [0.1, 0.15) is 38.2 Å². The topological polar surface area (TPSA) is 63.1 Å². The number of hydrogen-bond donors (Lipinski definition) is 2. The zero-order chi connectivity index (χ0) is 18.9. The van der Waals surface area contributed by atoms with Gasteiger partial charge in [-0.15, -0.1) is 0 Å². The smallest absolute Gasteiger partial charge is 0.329 e. The van der Waals surface area contributed by atoms with E-state index in [1.54, 1.807) is 13.2 Å². The minimum Gasteiger partial charge on any atom is -0.496 e. The fraction of sp³-hybridized carbons (Fsp3) is 0.579. The second-order valence-electron chi connectivity index (χ2n) is 7.53. The Hall–Kier alpha value is -1.79. The van der Waals surface area contributed by atoms with Crippen molar-refractivity contribution in [1.29, 1.82) is 0 Å². The fourth-order valence-electron chi connectivity index (χ4n) is 4.18. The number of nitrogens with zero attached hydrogens (tertiary/aromatic N) is 1. The largest absolute Gasteiger partial charge is 0.496 e. The number of urea groups is 1. The number of imide groups is 1. The molecule has 0 aromatic heterocycles. The molecule has 1 aromatic rings. The zero-order valence-electron chi connectivity index (χ0n) is 15.6. The van der Waals surface area contributed by atoms with Crippen LogP contribution in [0.15, 0.2) is 18.2 Å². The lowest BCUT2D eigenvalue weighted by Crippen LogP contribution is -3.09. The fourth-order valence-corrected chi connectivity index (χ4v) is 4.37. The van der Waals surface area contributed by atoms with Crippen LogP contribution in [0.3, 0.4) is 0 Å². The van der Waals surface area contributed by atoms with E-state index in [1.165, 1.54) is 4.90 Å². The van der Waals surface area contributed by atoms with Crippen molar-refractivity contribution in [1.82, 2.24) is 10.2 Å². The second-order valence-corrected chi connectivity index (χ2v) is 7.97. The third kappa shape index (κ3) is 3.40. The van der Waals surface area contributed by atoms with Gasteiger partial charge < -0.3 is 15.0 Å². The molecular weight excluding hydrogens is 354 g/mol. The molecule has 7 heteroatoms. The highest BCUT2D eigenvalue weighted by molar-refractivity contribution is 6.30. The number of carbonyl (C=O) groups excluding carboxylic acids is 2. The summed E-state index contributed by atoms with van der Waals surface area (Å²) in [5.41, 5.74) is 0.244. The highest BCUT2D eigenvalue weighted by Gasteiger charge is 2.55. The first kappa shape index (κ1) is 19.0. The van der Waals surface area contributed by atoms with Crippen molar-refractivity contribution >= 4 is 23.5 Å². The van der Waals surface area contributed by atoms with E-state index in [0.717, 1.165) is 41.9 Å². The lowest BCUT2D eigenvalue weighted by atomic mass is 9.73. The van der Waals surface area contributed by atoms with E-state index in [1.807, 2.05) is 19.2 Å². The monoisotopic (exact) mass is 380 g/mol. The average Bonchev–Trinajstić information content (AvgIpc) is 2.83. The first-order valence-corrected chi connectivity index (χ1v) is 9.53. The Morgan fingerprint density at radius 2 is 2.15 bits per heavy atom. The second kappa shape index (κ2) is 7.45. The summed E-state index contributed by atoms with van der Waals surface area (Å²) in [6, 6.07) is 5.20. The molecular formula is C19H27ClN3O3+. The van der Waals surface area contributed by atoms with Crippen LogP contribution in [-0.2, 0) is 11.3 Å². The van der Waals surface area contributed by atoms with Crippen LogP contribution in [0.2, 0.25) is 5.02 Å². The van der Waals surface area contributed by atoms with Crippen molar-refractivity contribution < 1.29 is 19.2 Å². The normalized spacial score (nSPS) is 26.9. The molecule has 0 radical (unpaired) electrons. The summed E-state index contributed by atoms with van der Waals surface area (Å²) >= 11 is 6.09. The summed E-state index contributed by atoms with van der Waals surface area (Å²) in [6.45, 7) is 2.98. The molecule has 2 N–H and O–H groups in total. The Labute approximate surface area is 159 Å². The van der Waals surface area contributed by atoms with Gasteiger partial charge in [-0.1, -0.05) is 31.4 Å². The van der Waals surface area contributed by atoms with Crippen LogP contribution >= 0.6 is 11.6 Å². The Morgan fingerprint density at radius 1 is 1.38 bits per heavy atom. The van der Waals surface area contributed by atoms with Gasteiger partial charge in [0.2, 0.25) is 0 Å². The van der Waals surface area contributed by atoms with Gasteiger partial charge in [-0.3, -0.25) is 4.79 Å². The highest BCUT2D eigenvalue weighted by atomic mass is 35.5. The summed E-state index contributed by atoms with van der Waals surface area (Å²) in [6.07, 6.45) is 3.80. The Morgan fingerprint density at radius 3 is 2.85 bits per heavy atom. The van der Waals surface area contributed by atoms with E-state index in [4.69, 9.17) is 16.3 Å². The number of quaternary nitrogens is 1. The van der Waals surface area contributed by atoms with Crippen molar-refractivity contribution in [2.45, 2.75) is 44.7 Å². The molecule has 3 atom stereocenters. The van der Waals surface area contributed by atoms with Crippen LogP contribution in [0.4, 0.5) is 4.79 Å². The zero-order valence-corrected chi connectivity index (χ0v) is 16.4. The predicted octanol–water partition coefficient (Wildman–Crippen LogP) is 1.82. The minimum absolute atomic E-state index is 0.0768. The molecule has 1 unspecified atom stereocenters. The van der Waals surface area contributed by atoms with E-state index in [0.29, 0.717) is 18.2 Å². The van der Waals surface area contributed by atoms with Crippen LogP contribution in [0.5, 0.6) is 5.75 Å². The van der Waals surface area contributed by atoms with Crippen molar-refractivity contribution in [3.05, 3.63) is 28.8 Å². The van der Waals surface area contributed by atoms with Crippen molar-refractivity contribution in [3.63, 3.8) is 0 Å². The van der Waals surface area contributed by atoms with Gasteiger partial charge in [-0.05, 0) is 37.0 Å². The maximum Gasteiger partial charge on any atom is 0.329 e. The van der Waals surface area contributed by atoms with E-state index in [2.05, 4.69) is 12.2 Å². The molecule has 1 saturated carbocycles. The lowest BCUT2D eigenvalue weighted by Gasteiger charge is -2.36. The summed E-state index contributed by atoms with van der Waals surface area (Å²) in [5, 5.41) is 3.64. The average molecular weight is 381 g/mol. The molecule has 0 bridgehead atoms. The van der Waals surface area contributed by atoms with Crippen LogP contribution < -0.4 is 15.0 Å². The van der Waals surface area contributed by atoms with Gasteiger partial charge in [-0.2, -0.15) is 0 Å². The number of hydrogen-bond acceptors (Lipinski definition) is 3. The van der Waals surface area contributed by atoms with Gasteiger partial charge in [0.15, 0.2) is 6.67 Å². The number of rotatable bonds is 5. The van der Waals surface area contributed by atoms with Crippen LogP contribution in [0.25, 0.3) is 0 Å². The summed E-state index contributed by atoms with van der Waals surface area (Å²) in [4.78, 5) is 27.9.